The summed E-state index contributed by atoms with van der Waals surface area (Å²) in [6, 6.07) is -0.130. The lowest BCUT2D eigenvalue weighted by Gasteiger charge is -2.31. The second-order valence-corrected chi connectivity index (χ2v) is 6.26. The number of aromatic nitrogens is 2. The van der Waals surface area contributed by atoms with Crippen LogP contribution >= 0.6 is 0 Å². The van der Waals surface area contributed by atoms with Gasteiger partial charge in [-0.15, -0.1) is 0 Å². The largest absolute Gasteiger partial charge is 0.325 e. The van der Waals surface area contributed by atoms with Crippen LogP contribution < -0.4 is 11.2 Å². The molecule has 8 heteroatoms. The Hall–Kier alpha value is -1.41. The Balaban J connectivity index is 2.47. The quantitative estimate of drug-likeness (QED) is 0.767. The van der Waals surface area contributed by atoms with Gasteiger partial charge in [0.25, 0.3) is 5.56 Å². The van der Waals surface area contributed by atoms with E-state index in [1.165, 1.54) is 4.31 Å². The van der Waals surface area contributed by atoms with Crippen molar-refractivity contribution in [3.05, 3.63) is 27.0 Å². The first-order chi connectivity index (χ1) is 8.43. The third-order valence-electron chi connectivity index (χ3n) is 3.11. The summed E-state index contributed by atoms with van der Waals surface area (Å²) < 4.78 is 25.9. The van der Waals surface area contributed by atoms with Crippen molar-refractivity contribution >= 4 is 10.0 Å². The summed E-state index contributed by atoms with van der Waals surface area (Å²) in [7, 11) is -3.84. The van der Waals surface area contributed by atoms with Gasteiger partial charge in [-0.3, -0.25) is 9.78 Å². The zero-order valence-corrected chi connectivity index (χ0v) is 10.8. The highest BCUT2D eigenvalue weighted by molar-refractivity contribution is 7.89. The molecule has 1 atom stereocenters. The molecule has 0 spiro atoms. The fraction of sp³-hybridized carbons (Fsp3) is 0.600. The van der Waals surface area contributed by atoms with Crippen molar-refractivity contribution in [3.8, 4) is 0 Å². The molecule has 1 aromatic rings. The van der Waals surface area contributed by atoms with Crippen LogP contribution in [0.3, 0.4) is 0 Å². The van der Waals surface area contributed by atoms with Gasteiger partial charge in [0.15, 0.2) is 4.90 Å². The van der Waals surface area contributed by atoms with E-state index < -0.39 is 26.2 Å². The maximum absolute atomic E-state index is 12.3. The van der Waals surface area contributed by atoms with Crippen LogP contribution in [0.15, 0.2) is 20.7 Å². The standard InChI is InChI=1S/C10H15N3O4S/c1-7-4-2-3-5-13(7)18(16,17)8-6-11-10(15)12-9(8)14/h6-7H,2-5H2,1H3,(H2,11,12,14,15). The second-order valence-electron chi connectivity index (χ2n) is 4.40. The van der Waals surface area contributed by atoms with Gasteiger partial charge in [-0.25, -0.2) is 13.2 Å². The predicted molar refractivity (Wildman–Crippen MR) is 64.9 cm³/mol. The van der Waals surface area contributed by atoms with Crippen LogP contribution in [0, 0.1) is 0 Å². The molecule has 18 heavy (non-hydrogen) atoms. The Bertz CT molecular complexity index is 646. The first-order valence-corrected chi connectivity index (χ1v) is 7.21. The van der Waals surface area contributed by atoms with E-state index in [9.17, 15) is 18.0 Å². The predicted octanol–water partition coefficient (Wildman–Crippen LogP) is -0.374. The van der Waals surface area contributed by atoms with E-state index in [1.807, 2.05) is 11.9 Å². The van der Waals surface area contributed by atoms with E-state index in [-0.39, 0.29) is 6.04 Å². The molecule has 2 N–H and O–H groups in total. The first kappa shape index (κ1) is 13.0. The van der Waals surface area contributed by atoms with Crippen molar-refractivity contribution < 1.29 is 8.42 Å². The average Bonchev–Trinajstić information content (AvgIpc) is 2.28. The van der Waals surface area contributed by atoms with E-state index in [1.54, 1.807) is 0 Å². The van der Waals surface area contributed by atoms with Crippen LogP contribution in [0.1, 0.15) is 26.2 Å². The number of nitrogens with zero attached hydrogens (tertiary/aromatic N) is 1. The molecule has 0 amide bonds. The molecule has 0 aliphatic carbocycles. The SMILES string of the molecule is CC1CCCCN1S(=O)(=O)c1c[nH]c(=O)[nH]c1=O. The molecule has 1 aromatic heterocycles. The van der Waals surface area contributed by atoms with Crippen LogP contribution in [0.5, 0.6) is 0 Å². The normalized spacial score (nSPS) is 21.9. The minimum atomic E-state index is -3.84. The van der Waals surface area contributed by atoms with Crippen molar-refractivity contribution in [2.45, 2.75) is 37.1 Å². The Morgan fingerprint density at radius 2 is 2.06 bits per heavy atom. The zero-order chi connectivity index (χ0) is 13.3. The summed E-state index contributed by atoms with van der Waals surface area (Å²) in [6.45, 7) is 2.22. The zero-order valence-electron chi connectivity index (χ0n) is 9.97. The maximum Gasteiger partial charge on any atom is 0.325 e. The van der Waals surface area contributed by atoms with Gasteiger partial charge in [0, 0.05) is 18.8 Å². The molecule has 0 saturated carbocycles. The van der Waals surface area contributed by atoms with Crippen LogP contribution in [-0.2, 0) is 10.0 Å². The number of aromatic amines is 2. The number of H-pyrrole nitrogens is 2. The number of rotatable bonds is 2. The molecule has 0 aromatic carbocycles. The summed E-state index contributed by atoms with van der Waals surface area (Å²) in [5, 5.41) is 0. The summed E-state index contributed by atoms with van der Waals surface area (Å²) in [4.78, 5) is 26.1. The number of sulfonamides is 1. The van der Waals surface area contributed by atoms with Gasteiger partial charge in [-0.1, -0.05) is 6.42 Å². The van der Waals surface area contributed by atoms with Crippen molar-refractivity contribution in [2.75, 3.05) is 6.54 Å². The highest BCUT2D eigenvalue weighted by Gasteiger charge is 2.32. The fourth-order valence-electron chi connectivity index (χ4n) is 2.14. The number of hydrogen-bond acceptors (Lipinski definition) is 4. The van der Waals surface area contributed by atoms with Gasteiger partial charge < -0.3 is 4.98 Å². The molecule has 7 nitrogen and oxygen atoms in total. The van der Waals surface area contributed by atoms with Crippen molar-refractivity contribution in [1.82, 2.24) is 14.3 Å². The van der Waals surface area contributed by atoms with Gasteiger partial charge in [-0.2, -0.15) is 4.31 Å². The number of piperidine rings is 1. The van der Waals surface area contributed by atoms with Crippen LogP contribution in [-0.4, -0.2) is 35.3 Å². The lowest BCUT2D eigenvalue weighted by Crippen LogP contribution is -2.44. The van der Waals surface area contributed by atoms with Gasteiger partial charge >= 0.3 is 5.69 Å². The average molecular weight is 273 g/mol. The van der Waals surface area contributed by atoms with Crippen LogP contribution in [0.25, 0.3) is 0 Å². The fourth-order valence-corrected chi connectivity index (χ4v) is 3.84. The van der Waals surface area contributed by atoms with Crippen LogP contribution in [0.2, 0.25) is 0 Å². The van der Waals surface area contributed by atoms with Crippen molar-refractivity contribution in [2.24, 2.45) is 0 Å². The lowest BCUT2D eigenvalue weighted by molar-refractivity contribution is 0.268. The molecule has 1 saturated heterocycles. The van der Waals surface area contributed by atoms with E-state index in [2.05, 4.69) is 4.98 Å². The third kappa shape index (κ3) is 2.25. The van der Waals surface area contributed by atoms with E-state index >= 15 is 0 Å². The van der Waals surface area contributed by atoms with E-state index in [0.717, 1.165) is 25.5 Å². The summed E-state index contributed by atoms with van der Waals surface area (Å²) >= 11 is 0. The van der Waals surface area contributed by atoms with Gasteiger partial charge in [0.2, 0.25) is 10.0 Å². The lowest BCUT2D eigenvalue weighted by atomic mass is 10.1. The summed E-state index contributed by atoms with van der Waals surface area (Å²) in [5.41, 5.74) is -1.60. The van der Waals surface area contributed by atoms with Crippen LogP contribution in [0.4, 0.5) is 0 Å². The van der Waals surface area contributed by atoms with Crippen molar-refractivity contribution in [1.29, 1.82) is 0 Å². The minimum absolute atomic E-state index is 0.130. The topological polar surface area (TPSA) is 103 Å². The van der Waals surface area contributed by atoms with E-state index in [4.69, 9.17) is 0 Å². The van der Waals surface area contributed by atoms with Gasteiger partial charge in [0.05, 0.1) is 0 Å². The molecule has 1 unspecified atom stereocenters. The summed E-state index contributed by atoms with van der Waals surface area (Å²) in [6.07, 6.45) is 3.50. The monoisotopic (exact) mass is 273 g/mol. The highest BCUT2D eigenvalue weighted by atomic mass is 32.2. The maximum atomic E-state index is 12.3. The molecule has 2 rings (SSSR count). The second kappa shape index (κ2) is 4.69. The molecule has 0 radical (unpaired) electrons. The summed E-state index contributed by atoms with van der Waals surface area (Å²) in [5.74, 6) is 0. The molecule has 1 aliphatic rings. The smallest absolute Gasteiger partial charge is 0.313 e. The van der Waals surface area contributed by atoms with Gasteiger partial charge in [-0.05, 0) is 19.8 Å². The number of hydrogen-bond donors (Lipinski definition) is 2. The van der Waals surface area contributed by atoms with Crippen molar-refractivity contribution in [3.63, 3.8) is 0 Å². The molecule has 1 fully saturated rings. The molecule has 1 aliphatic heterocycles. The Morgan fingerprint density at radius 1 is 1.33 bits per heavy atom. The van der Waals surface area contributed by atoms with Gasteiger partial charge in [0.1, 0.15) is 0 Å². The molecule has 100 valence electrons. The number of nitrogens with one attached hydrogen (secondary N) is 2. The van der Waals surface area contributed by atoms with E-state index in [0.29, 0.717) is 6.54 Å². The molecular formula is C10H15N3O4S. The molecule has 2 heterocycles. The Morgan fingerprint density at radius 3 is 2.67 bits per heavy atom. The third-order valence-corrected chi connectivity index (χ3v) is 5.13. The Labute approximate surface area is 104 Å². The highest BCUT2D eigenvalue weighted by Crippen LogP contribution is 2.22. The Kier molecular flexibility index (Phi) is 3.40. The molecular weight excluding hydrogens is 258 g/mol. The minimum Gasteiger partial charge on any atom is -0.313 e. The first-order valence-electron chi connectivity index (χ1n) is 5.77. The molecule has 0 bridgehead atoms.